The highest BCUT2D eigenvalue weighted by Crippen LogP contribution is 2.15. The van der Waals surface area contributed by atoms with Crippen LogP contribution in [0.15, 0.2) is 25.3 Å². The molecule has 1 rings (SSSR count). The van der Waals surface area contributed by atoms with E-state index >= 15 is 0 Å². The number of hydrogen-bond donors (Lipinski definition) is 1. The van der Waals surface area contributed by atoms with Crippen LogP contribution in [0, 0.1) is 0 Å². The van der Waals surface area contributed by atoms with Gasteiger partial charge in [0.2, 0.25) is 0 Å². The van der Waals surface area contributed by atoms with Crippen LogP contribution in [0.2, 0.25) is 0 Å². The third kappa shape index (κ3) is 1.89. The summed E-state index contributed by atoms with van der Waals surface area (Å²) in [6, 6.07) is 0. The summed E-state index contributed by atoms with van der Waals surface area (Å²) in [5.74, 6) is 0. The lowest BCUT2D eigenvalue weighted by molar-refractivity contribution is -0.0414. The maximum atomic E-state index is 9.21. The van der Waals surface area contributed by atoms with Crippen molar-refractivity contribution in [1.82, 2.24) is 0 Å². The minimum Gasteiger partial charge on any atom is -0.386 e. The maximum absolute atomic E-state index is 9.21. The van der Waals surface area contributed by atoms with Gasteiger partial charge in [-0.05, 0) is 6.08 Å². The molecule has 1 N–H and O–H groups in total. The Balaban J connectivity index is 2.40. The first-order chi connectivity index (χ1) is 5.27. The second-order valence-electron chi connectivity index (χ2n) is 2.34. The first-order valence-corrected chi connectivity index (χ1v) is 3.48. The van der Waals surface area contributed by atoms with E-state index in [9.17, 15) is 5.11 Å². The fourth-order valence-corrected chi connectivity index (χ4v) is 0.895. The van der Waals surface area contributed by atoms with E-state index in [1.54, 1.807) is 6.08 Å². The fraction of sp³-hybridized carbons (Fsp3) is 0.500. The Morgan fingerprint density at radius 1 is 1.55 bits per heavy atom. The van der Waals surface area contributed by atoms with Crippen molar-refractivity contribution in [3.63, 3.8) is 0 Å². The van der Waals surface area contributed by atoms with Crippen molar-refractivity contribution in [2.45, 2.75) is 18.5 Å². The molecule has 3 nitrogen and oxygen atoms in total. The quantitative estimate of drug-likeness (QED) is 0.603. The van der Waals surface area contributed by atoms with Crippen molar-refractivity contribution >= 4 is 0 Å². The van der Waals surface area contributed by atoms with Gasteiger partial charge >= 0.3 is 0 Å². The highest BCUT2D eigenvalue weighted by molar-refractivity contribution is 4.89. The molecule has 0 spiro atoms. The molecule has 1 aliphatic rings. The van der Waals surface area contributed by atoms with Gasteiger partial charge in [-0.2, -0.15) is 0 Å². The monoisotopic (exact) mass is 156 g/mol. The van der Waals surface area contributed by atoms with Crippen LogP contribution in [-0.4, -0.2) is 30.2 Å². The number of aliphatic hydroxyl groups is 1. The second-order valence-corrected chi connectivity index (χ2v) is 2.34. The molecule has 0 bridgehead atoms. The van der Waals surface area contributed by atoms with Gasteiger partial charge in [-0.15, -0.1) is 6.58 Å². The van der Waals surface area contributed by atoms with Crippen LogP contribution in [0.4, 0.5) is 0 Å². The minimum absolute atomic E-state index is 0.296. The van der Waals surface area contributed by atoms with E-state index in [4.69, 9.17) is 9.47 Å². The van der Waals surface area contributed by atoms with Crippen molar-refractivity contribution in [2.24, 2.45) is 0 Å². The summed E-state index contributed by atoms with van der Waals surface area (Å²) < 4.78 is 10.3. The molecule has 0 amide bonds. The normalized spacial score (nSPS) is 33.2. The second kappa shape index (κ2) is 3.67. The molecule has 0 aromatic rings. The molecule has 3 unspecified atom stereocenters. The topological polar surface area (TPSA) is 38.7 Å². The first-order valence-electron chi connectivity index (χ1n) is 3.48. The predicted molar refractivity (Wildman–Crippen MR) is 41.0 cm³/mol. The average molecular weight is 156 g/mol. The van der Waals surface area contributed by atoms with Crippen LogP contribution in [0.25, 0.3) is 0 Å². The molecule has 0 aromatic heterocycles. The first kappa shape index (κ1) is 8.46. The third-order valence-corrected chi connectivity index (χ3v) is 1.55. The lowest BCUT2D eigenvalue weighted by Crippen LogP contribution is -2.26. The highest BCUT2D eigenvalue weighted by atomic mass is 16.7. The molecule has 0 saturated carbocycles. The molecule has 3 atom stereocenters. The minimum atomic E-state index is -0.653. The van der Waals surface area contributed by atoms with Crippen LogP contribution in [0.1, 0.15) is 0 Å². The molecule has 1 saturated heterocycles. The van der Waals surface area contributed by atoms with Crippen LogP contribution < -0.4 is 0 Å². The fourth-order valence-electron chi connectivity index (χ4n) is 0.895. The van der Waals surface area contributed by atoms with Gasteiger partial charge in [0.25, 0.3) is 0 Å². The molecule has 0 aromatic carbocycles. The predicted octanol–water partition coefficient (Wildman–Crippen LogP) is 0.461. The molecule has 0 radical (unpaired) electrons. The molecule has 1 fully saturated rings. The van der Waals surface area contributed by atoms with Crippen molar-refractivity contribution in [1.29, 1.82) is 0 Å². The number of ether oxygens (including phenoxy) is 2. The zero-order valence-electron chi connectivity index (χ0n) is 6.27. The van der Waals surface area contributed by atoms with Gasteiger partial charge in [-0.25, -0.2) is 0 Å². The Bertz CT molecular complexity index is 155. The average Bonchev–Trinajstić information content (AvgIpc) is 2.50. The molecule has 1 aliphatic heterocycles. The Morgan fingerprint density at radius 3 is 2.73 bits per heavy atom. The smallest absolute Gasteiger partial charge is 0.177 e. The molecule has 1 heterocycles. The van der Waals surface area contributed by atoms with Crippen molar-refractivity contribution in [2.75, 3.05) is 6.61 Å². The zero-order chi connectivity index (χ0) is 8.27. The molecule has 0 aliphatic carbocycles. The van der Waals surface area contributed by atoms with E-state index in [-0.39, 0.29) is 12.4 Å². The SMILES string of the molecule is C=CC1OCC(C(O)C=C)O1. The van der Waals surface area contributed by atoms with Crippen LogP contribution in [0.5, 0.6) is 0 Å². The lowest BCUT2D eigenvalue weighted by Gasteiger charge is -2.11. The molecular weight excluding hydrogens is 144 g/mol. The summed E-state index contributed by atoms with van der Waals surface area (Å²) in [5, 5.41) is 9.21. The Kier molecular flexibility index (Phi) is 2.82. The van der Waals surface area contributed by atoms with Gasteiger partial charge in [0, 0.05) is 0 Å². The van der Waals surface area contributed by atoms with E-state index in [0.29, 0.717) is 6.61 Å². The standard InChI is InChI=1S/C8H12O3/c1-3-6(9)7-5-10-8(4-2)11-7/h3-4,6-9H,1-2,5H2. The molecule has 3 heteroatoms. The largest absolute Gasteiger partial charge is 0.386 e. The Labute approximate surface area is 65.9 Å². The zero-order valence-corrected chi connectivity index (χ0v) is 6.27. The van der Waals surface area contributed by atoms with E-state index < -0.39 is 6.10 Å². The van der Waals surface area contributed by atoms with Gasteiger partial charge in [0.15, 0.2) is 6.29 Å². The van der Waals surface area contributed by atoms with Gasteiger partial charge in [-0.1, -0.05) is 12.7 Å². The van der Waals surface area contributed by atoms with Gasteiger partial charge < -0.3 is 14.6 Å². The summed E-state index contributed by atoms with van der Waals surface area (Å²) in [6.45, 7) is 7.34. The Morgan fingerprint density at radius 2 is 2.27 bits per heavy atom. The summed E-state index contributed by atoms with van der Waals surface area (Å²) in [5.41, 5.74) is 0. The molecular formula is C8H12O3. The summed E-state index contributed by atoms with van der Waals surface area (Å²) >= 11 is 0. The summed E-state index contributed by atoms with van der Waals surface area (Å²) in [7, 11) is 0. The molecule has 11 heavy (non-hydrogen) atoms. The van der Waals surface area contributed by atoms with E-state index in [0.717, 1.165) is 0 Å². The lowest BCUT2D eigenvalue weighted by atomic mass is 10.2. The van der Waals surface area contributed by atoms with Gasteiger partial charge in [0.05, 0.1) is 6.61 Å². The number of aliphatic hydroxyl groups excluding tert-OH is 1. The van der Waals surface area contributed by atoms with E-state index in [1.807, 2.05) is 0 Å². The van der Waals surface area contributed by atoms with E-state index in [1.165, 1.54) is 6.08 Å². The number of rotatable bonds is 3. The Hall–Kier alpha value is -0.640. The van der Waals surface area contributed by atoms with E-state index in [2.05, 4.69) is 13.2 Å². The maximum Gasteiger partial charge on any atom is 0.177 e. The van der Waals surface area contributed by atoms with Gasteiger partial charge in [0.1, 0.15) is 12.2 Å². The van der Waals surface area contributed by atoms with Gasteiger partial charge in [-0.3, -0.25) is 0 Å². The van der Waals surface area contributed by atoms with Crippen LogP contribution in [-0.2, 0) is 9.47 Å². The van der Waals surface area contributed by atoms with Crippen molar-refractivity contribution in [3.05, 3.63) is 25.3 Å². The van der Waals surface area contributed by atoms with Crippen LogP contribution >= 0.6 is 0 Å². The number of hydrogen-bond acceptors (Lipinski definition) is 3. The van der Waals surface area contributed by atoms with Crippen molar-refractivity contribution in [3.8, 4) is 0 Å². The van der Waals surface area contributed by atoms with Crippen LogP contribution in [0.3, 0.4) is 0 Å². The third-order valence-electron chi connectivity index (χ3n) is 1.55. The molecule has 62 valence electrons. The summed E-state index contributed by atoms with van der Waals surface area (Å²) in [4.78, 5) is 0. The van der Waals surface area contributed by atoms with Crippen molar-refractivity contribution < 1.29 is 14.6 Å². The highest BCUT2D eigenvalue weighted by Gasteiger charge is 2.27. The summed E-state index contributed by atoms with van der Waals surface area (Å²) in [6.07, 6.45) is 1.65.